The molecule has 2 unspecified atom stereocenters. The Labute approximate surface area is 121 Å². The normalized spacial score (nSPS) is 21.4. The Hall–Kier alpha value is -1.71. The Balaban J connectivity index is 1.64. The van der Waals surface area contributed by atoms with Gasteiger partial charge in [-0.25, -0.2) is 0 Å². The smallest absolute Gasteiger partial charge is 0.191 e. The summed E-state index contributed by atoms with van der Waals surface area (Å²) in [6.45, 7) is 6.73. The highest BCUT2D eigenvalue weighted by Crippen LogP contribution is 2.28. The molecule has 1 aliphatic carbocycles. The number of rotatable bonds is 7. The van der Waals surface area contributed by atoms with Crippen LogP contribution in [0.1, 0.15) is 26.7 Å². The molecule has 1 saturated carbocycles. The van der Waals surface area contributed by atoms with Gasteiger partial charge in [-0.2, -0.15) is 0 Å². The third-order valence-electron chi connectivity index (χ3n) is 3.36. The molecule has 0 spiro atoms. The number of nitrogens with one attached hydrogen (secondary N) is 2. The number of hydrogen-bond donors (Lipinski definition) is 2. The second-order valence-corrected chi connectivity index (χ2v) is 5.24. The van der Waals surface area contributed by atoms with E-state index in [-0.39, 0.29) is 0 Å². The van der Waals surface area contributed by atoms with E-state index in [2.05, 4.69) is 29.5 Å². The minimum atomic E-state index is 0.605. The first kappa shape index (κ1) is 14.7. The average Bonchev–Trinajstić information content (AvgIpc) is 3.15. The number of aliphatic imine (C=N–C) groups is 1. The number of ether oxygens (including phenoxy) is 1. The molecule has 0 saturated heterocycles. The fourth-order valence-electron chi connectivity index (χ4n) is 1.98. The minimum absolute atomic E-state index is 0.605. The molecule has 0 aliphatic heterocycles. The lowest BCUT2D eigenvalue weighted by molar-refractivity contribution is 0.313. The Morgan fingerprint density at radius 1 is 1.35 bits per heavy atom. The molecule has 0 aromatic heterocycles. The maximum absolute atomic E-state index is 5.65. The van der Waals surface area contributed by atoms with Crippen LogP contribution in [0.15, 0.2) is 35.3 Å². The van der Waals surface area contributed by atoms with Gasteiger partial charge in [0.05, 0.1) is 6.61 Å². The third-order valence-corrected chi connectivity index (χ3v) is 3.36. The van der Waals surface area contributed by atoms with E-state index in [0.29, 0.717) is 12.6 Å². The summed E-state index contributed by atoms with van der Waals surface area (Å²) in [5.74, 6) is 2.63. The maximum atomic E-state index is 5.65. The van der Waals surface area contributed by atoms with Gasteiger partial charge >= 0.3 is 0 Å². The molecular weight excluding hydrogens is 250 g/mol. The van der Waals surface area contributed by atoms with Gasteiger partial charge in [0.2, 0.25) is 0 Å². The number of nitrogens with zero attached hydrogens (tertiary/aromatic N) is 1. The number of benzene rings is 1. The van der Waals surface area contributed by atoms with Crippen molar-refractivity contribution in [1.29, 1.82) is 0 Å². The summed E-state index contributed by atoms with van der Waals surface area (Å²) in [4.78, 5) is 4.57. The van der Waals surface area contributed by atoms with Crippen LogP contribution in [0.25, 0.3) is 0 Å². The summed E-state index contributed by atoms with van der Waals surface area (Å²) in [5.41, 5.74) is 0. The number of guanidine groups is 1. The van der Waals surface area contributed by atoms with Gasteiger partial charge in [-0.15, -0.1) is 0 Å². The van der Waals surface area contributed by atoms with Gasteiger partial charge in [0.15, 0.2) is 5.96 Å². The van der Waals surface area contributed by atoms with Crippen molar-refractivity contribution in [1.82, 2.24) is 10.6 Å². The van der Waals surface area contributed by atoms with Gasteiger partial charge in [-0.1, -0.05) is 25.1 Å². The highest BCUT2D eigenvalue weighted by molar-refractivity contribution is 5.80. The summed E-state index contributed by atoms with van der Waals surface area (Å²) in [6.07, 6.45) is 2.17. The predicted molar refractivity (Wildman–Crippen MR) is 83.2 cm³/mol. The Bertz CT molecular complexity index is 419. The first-order valence-electron chi connectivity index (χ1n) is 7.52. The van der Waals surface area contributed by atoms with Crippen molar-refractivity contribution in [3.63, 3.8) is 0 Å². The van der Waals surface area contributed by atoms with Crippen LogP contribution in [0, 0.1) is 5.92 Å². The van der Waals surface area contributed by atoms with Crippen LogP contribution < -0.4 is 15.4 Å². The molecule has 0 radical (unpaired) electrons. The van der Waals surface area contributed by atoms with Crippen LogP contribution in [-0.2, 0) is 0 Å². The van der Waals surface area contributed by atoms with Gasteiger partial charge in [-0.05, 0) is 31.4 Å². The summed E-state index contributed by atoms with van der Waals surface area (Å²) in [7, 11) is 0. The molecule has 1 aliphatic rings. The summed E-state index contributed by atoms with van der Waals surface area (Å²) in [6, 6.07) is 10.5. The zero-order valence-corrected chi connectivity index (χ0v) is 12.4. The van der Waals surface area contributed by atoms with Crippen molar-refractivity contribution in [2.75, 3.05) is 19.7 Å². The molecule has 2 N–H and O–H groups in total. The maximum Gasteiger partial charge on any atom is 0.191 e. The second kappa shape index (κ2) is 7.78. The van der Waals surface area contributed by atoms with E-state index in [1.54, 1.807) is 0 Å². The minimum Gasteiger partial charge on any atom is -0.494 e. The van der Waals surface area contributed by atoms with E-state index < -0.39 is 0 Å². The quantitative estimate of drug-likeness (QED) is 0.456. The first-order valence-corrected chi connectivity index (χ1v) is 7.52. The van der Waals surface area contributed by atoms with E-state index in [1.807, 2.05) is 30.3 Å². The van der Waals surface area contributed by atoms with Crippen molar-refractivity contribution in [3.8, 4) is 5.75 Å². The van der Waals surface area contributed by atoms with E-state index in [4.69, 9.17) is 4.74 Å². The molecule has 1 fully saturated rings. The zero-order chi connectivity index (χ0) is 14.2. The summed E-state index contributed by atoms with van der Waals surface area (Å²) in [5, 5.41) is 6.73. The molecule has 4 nitrogen and oxygen atoms in total. The third kappa shape index (κ3) is 5.11. The van der Waals surface area contributed by atoms with Gasteiger partial charge < -0.3 is 15.4 Å². The Morgan fingerprint density at radius 2 is 2.10 bits per heavy atom. The topological polar surface area (TPSA) is 45.7 Å². The van der Waals surface area contributed by atoms with E-state index in [1.165, 1.54) is 6.42 Å². The number of para-hydroxylation sites is 1. The van der Waals surface area contributed by atoms with Crippen molar-refractivity contribution in [3.05, 3.63) is 30.3 Å². The lowest BCUT2D eigenvalue weighted by atomic mass is 10.3. The molecule has 20 heavy (non-hydrogen) atoms. The molecule has 110 valence electrons. The predicted octanol–water partition coefficient (Wildman–Crippen LogP) is 2.42. The van der Waals surface area contributed by atoms with Crippen LogP contribution in [0.4, 0.5) is 0 Å². The van der Waals surface area contributed by atoms with Crippen LogP contribution in [0.5, 0.6) is 5.75 Å². The van der Waals surface area contributed by atoms with Gasteiger partial charge in [0.25, 0.3) is 0 Å². The summed E-state index contributed by atoms with van der Waals surface area (Å²) < 4.78 is 5.65. The van der Waals surface area contributed by atoms with Gasteiger partial charge in [0.1, 0.15) is 5.75 Å². The molecule has 4 heteroatoms. The molecule has 2 atom stereocenters. The lowest BCUT2D eigenvalue weighted by Gasteiger charge is -2.10. The largest absolute Gasteiger partial charge is 0.494 e. The summed E-state index contributed by atoms with van der Waals surface area (Å²) >= 11 is 0. The second-order valence-electron chi connectivity index (χ2n) is 5.24. The van der Waals surface area contributed by atoms with Crippen molar-refractivity contribution >= 4 is 5.96 Å². The highest BCUT2D eigenvalue weighted by atomic mass is 16.5. The van der Waals surface area contributed by atoms with E-state index in [0.717, 1.165) is 37.1 Å². The SMILES string of the molecule is CCNC(=NCCCOc1ccccc1)NC1CC1C. The van der Waals surface area contributed by atoms with Crippen molar-refractivity contribution in [2.24, 2.45) is 10.9 Å². The molecule has 1 aromatic carbocycles. The zero-order valence-electron chi connectivity index (χ0n) is 12.4. The van der Waals surface area contributed by atoms with Crippen molar-refractivity contribution < 1.29 is 4.74 Å². The fraction of sp³-hybridized carbons (Fsp3) is 0.562. The van der Waals surface area contributed by atoms with E-state index in [9.17, 15) is 0 Å². The molecule has 2 rings (SSSR count). The fourth-order valence-corrected chi connectivity index (χ4v) is 1.98. The van der Waals surface area contributed by atoms with Gasteiger partial charge in [0, 0.05) is 25.6 Å². The molecule has 0 heterocycles. The monoisotopic (exact) mass is 275 g/mol. The van der Waals surface area contributed by atoms with Crippen LogP contribution >= 0.6 is 0 Å². The van der Waals surface area contributed by atoms with Crippen LogP contribution in [-0.4, -0.2) is 31.7 Å². The first-order chi connectivity index (χ1) is 9.79. The Kier molecular flexibility index (Phi) is 5.71. The number of hydrogen-bond acceptors (Lipinski definition) is 2. The highest BCUT2D eigenvalue weighted by Gasteiger charge is 2.33. The lowest BCUT2D eigenvalue weighted by Crippen LogP contribution is -2.39. The Morgan fingerprint density at radius 3 is 2.75 bits per heavy atom. The molecular formula is C16H25N3O. The standard InChI is InChI=1S/C16H25N3O/c1-3-17-16(19-15-12-13(15)2)18-10-7-11-20-14-8-5-4-6-9-14/h4-6,8-9,13,15H,3,7,10-12H2,1-2H3,(H2,17,18,19). The van der Waals surface area contributed by atoms with Gasteiger partial charge in [-0.3, -0.25) is 4.99 Å². The van der Waals surface area contributed by atoms with Crippen LogP contribution in [0.2, 0.25) is 0 Å². The van der Waals surface area contributed by atoms with Crippen molar-refractivity contribution in [2.45, 2.75) is 32.7 Å². The van der Waals surface area contributed by atoms with Crippen LogP contribution in [0.3, 0.4) is 0 Å². The molecule has 0 bridgehead atoms. The van der Waals surface area contributed by atoms with E-state index >= 15 is 0 Å². The molecule has 1 aromatic rings. The molecule has 0 amide bonds. The average molecular weight is 275 g/mol.